The van der Waals surface area contributed by atoms with Crippen LogP contribution in [-0.4, -0.2) is 36.1 Å². The molecular weight excluding hydrogens is 402 g/mol. The van der Waals surface area contributed by atoms with Gasteiger partial charge in [0.1, 0.15) is 11.5 Å². The van der Waals surface area contributed by atoms with E-state index in [4.69, 9.17) is 16.0 Å². The van der Waals surface area contributed by atoms with Crippen molar-refractivity contribution < 1.29 is 12.8 Å². The van der Waals surface area contributed by atoms with Gasteiger partial charge in [0.05, 0.1) is 17.8 Å². The van der Waals surface area contributed by atoms with E-state index in [0.717, 1.165) is 23.3 Å². The standard InChI is InChI=1S/C19H18ClN3O4S/c1-28(25,26)19-21-16-7-8-23(11-15(16)18(24)22-19)10-14-5-6-17(27-14)12-3-2-4-13(20)9-12/h2-6,9H,7-8,10-11H2,1H3,(H,21,22,24). The Morgan fingerprint density at radius 1 is 1.29 bits per heavy atom. The third-order valence-corrected chi connectivity index (χ3v) is 5.76. The highest BCUT2D eigenvalue weighted by molar-refractivity contribution is 7.90. The number of hydrogen-bond donors (Lipinski definition) is 1. The molecule has 3 aromatic rings. The maximum atomic E-state index is 12.3. The van der Waals surface area contributed by atoms with Crippen molar-refractivity contribution in [3.8, 4) is 11.3 Å². The minimum Gasteiger partial charge on any atom is -0.460 e. The zero-order valence-electron chi connectivity index (χ0n) is 15.1. The summed E-state index contributed by atoms with van der Waals surface area (Å²) in [5.74, 6) is 1.50. The summed E-state index contributed by atoms with van der Waals surface area (Å²) in [4.78, 5) is 20.9. The van der Waals surface area contributed by atoms with Gasteiger partial charge in [0.2, 0.25) is 15.0 Å². The van der Waals surface area contributed by atoms with E-state index in [1.165, 1.54) is 0 Å². The molecule has 1 aromatic carbocycles. The van der Waals surface area contributed by atoms with Crippen molar-refractivity contribution in [2.75, 3.05) is 12.8 Å². The molecule has 0 aliphatic carbocycles. The van der Waals surface area contributed by atoms with E-state index in [-0.39, 0.29) is 5.16 Å². The van der Waals surface area contributed by atoms with Gasteiger partial charge in [0.25, 0.3) is 5.56 Å². The summed E-state index contributed by atoms with van der Waals surface area (Å²) in [5.41, 5.74) is 1.53. The first kappa shape index (κ1) is 18.9. The second-order valence-electron chi connectivity index (χ2n) is 6.81. The van der Waals surface area contributed by atoms with E-state index in [1.807, 2.05) is 30.3 Å². The normalized spacial score (nSPS) is 14.8. The molecule has 146 valence electrons. The Balaban J connectivity index is 1.52. The predicted molar refractivity (Wildman–Crippen MR) is 105 cm³/mol. The highest BCUT2D eigenvalue weighted by atomic mass is 35.5. The van der Waals surface area contributed by atoms with Gasteiger partial charge in [-0.1, -0.05) is 23.7 Å². The lowest BCUT2D eigenvalue weighted by molar-refractivity contribution is 0.222. The highest BCUT2D eigenvalue weighted by Crippen LogP contribution is 2.26. The topological polar surface area (TPSA) is 96.3 Å². The lowest BCUT2D eigenvalue weighted by Gasteiger charge is -2.26. The number of H-pyrrole nitrogens is 1. The van der Waals surface area contributed by atoms with Crippen LogP contribution in [0.2, 0.25) is 5.02 Å². The second-order valence-corrected chi connectivity index (χ2v) is 9.17. The van der Waals surface area contributed by atoms with E-state index in [1.54, 1.807) is 6.07 Å². The lowest BCUT2D eigenvalue weighted by Crippen LogP contribution is -2.36. The van der Waals surface area contributed by atoms with Crippen LogP contribution in [0.1, 0.15) is 17.0 Å². The molecule has 0 unspecified atom stereocenters. The molecule has 0 spiro atoms. The first-order valence-corrected chi connectivity index (χ1v) is 11.0. The van der Waals surface area contributed by atoms with Gasteiger partial charge in [-0.3, -0.25) is 14.7 Å². The van der Waals surface area contributed by atoms with Gasteiger partial charge in [0, 0.05) is 36.4 Å². The molecule has 1 aliphatic heterocycles. The number of nitrogens with zero attached hydrogens (tertiary/aromatic N) is 2. The maximum absolute atomic E-state index is 12.3. The third-order valence-electron chi connectivity index (χ3n) is 4.63. The molecule has 0 atom stereocenters. The lowest BCUT2D eigenvalue weighted by atomic mass is 10.1. The Bertz CT molecular complexity index is 1200. The molecular formula is C19H18ClN3O4S. The van der Waals surface area contributed by atoms with Gasteiger partial charge in [-0.15, -0.1) is 0 Å². The Labute approximate surface area is 166 Å². The smallest absolute Gasteiger partial charge is 0.256 e. The summed E-state index contributed by atoms with van der Waals surface area (Å²) in [6.45, 7) is 1.57. The van der Waals surface area contributed by atoms with Crippen molar-refractivity contribution in [2.24, 2.45) is 0 Å². The molecule has 0 saturated carbocycles. The molecule has 28 heavy (non-hydrogen) atoms. The first-order valence-electron chi connectivity index (χ1n) is 8.69. The van der Waals surface area contributed by atoms with Gasteiger partial charge in [0.15, 0.2) is 0 Å². The minimum absolute atomic E-state index is 0.276. The van der Waals surface area contributed by atoms with Crippen molar-refractivity contribution in [1.29, 1.82) is 0 Å². The van der Waals surface area contributed by atoms with Crippen LogP contribution in [0, 0.1) is 0 Å². The van der Waals surface area contributed by atoms with Crippen LogP contribution < -0.4 is 5.56 Å². The summed E-state index contributed by atoms with van der Waals surface area (Å²) < 4.78 is 29.2. The molecule has 0 fully saturated rings. The van der Waals surface area contributed by atoms with Gasteiger partial charge < -0.3 is 4.42 Å². The van der Waals surface area contributed by atoms with Gasteiger partial charge >= 0.3 is 0 Å². The zero-order valence-corrected chi connectivity index (χ0v) is 16.7. The number of furan rings is 1. The van der Waals surface area contributed by atoms with Gasteiger partial charge in [-0.25, -0.2) is 13.4 Å². The van der Waals surface area contributed by atoms with Crippen molar-refractivity contribution in [3.05, 3.63) is 68.8 Å². The minimum atomic E-state index is -3.55. The van der Waals surface area contributed by atoms with Gasteiger partial charge in [-0.2, -0.15) is 0 Å². The van der Waals surface area contributed by atoms with Crippen LogP contribution >= 0.6 is 11.6 Å². The number of aromatic amines is 1. The summed E-state index contributed by atoms with van der Waals surface area (Å²) in [6.07, 6.45) is 1.53. The molecule has 7 nitrogen and oxygen atoms in total. The van der Waals surface area contributed by atoms with E-state index >= 15 is 0 Å². The maximum Gasteiger partial charge on any atom is 0.256 e. The van der Waals surface area contributed by atoms with E-state index in [2.05, 4.69) is 14.9 Å². The molecule has 2 aromatic heterocycles. The Morgan fingerprint density at radius 2 is 2.11 bits per heavy atom. The number of hydrogen-bond acceptors (Lipinski definition) is 6. The number of rotatable bonds is 4. The highest BCUT2D eigenvalue weighted by Gasteiger charge is 2.24. The predicted octanol–water partition coefficient (Wildman–Crippen LogP) is 2.65. The average Bonchev–Trinajstić information content (AvgIpc) is 3.10. The fraction of sp³-hybridized carbons (Fsp3) is 0.263. The SMILES string of the molecule is CS(=O)(=O)c1nc2c(c(=O)[nH]1)CN(Cc1ccc(-c3cccc(Cl)c3)o1)CC2. The molecule has 1 aliphatic rings. The van der Waals surface area contributed by atoms with Crippen molar-refractivity contribution in [2.45, 2.75) is 24.7 Å². The van der Waals surface area contributed by atoms with E-state index in [9.17, 15) is 13.2 Å². The number of aromatic nitrogens is 2. The van der Waals surface area contributed by atoms with Crippen molar-refractivity contribution >= 4 is 21.4 Å². The van der Waals surface area contributed by atoms with Crippen LogP contribution in [0.4, 0.5) is 0 Å². The number of benzene rings is 1. The molecule has 0 saturated heterocycles. The second kappa shape index (κ2) is 7.20. The largest absolute Gasteiger partial charge is 0.460 e. The monoisotopic (exact) mass is 419 g/mol. The third kappa shape index (κ3) is 3.89. The molecule has 0 bridgehead atoms. The van der Waals surface area contributed by atoms with Crippen LogP contribution in [0.25, 0.3) is 11.3 Å². The van der Waals surface area contributed by atoms with Crippen molar-refractivity contribution in [3.63, 3.8) is 0 Å². The fourth-order valence-corrected chi connectivity index (χ4v) is 3.99. The quantitative estimate of drug-likeness (QED) is 0.653. The molecule has 0 amide bonds. The number of fused-ring (bicyclic) bond motifs is 1. The Morgan fingerprint density at radius 3 is 2.86 bits per heavy atom. The van der Waals surface area contributed by atoms with Crippen LogP contribution in [-0.2, 0) is 29.3 Å². The molecule has 3 heterocycles. The average molecular weight is 420 g/mol. The van der Waals surface area contributed by atoms with Crippen LogP contribution in [0.3, 0.4) is 0 Å². The molecule has 1 N–H and O–H groups in total. The van der Waals surface area contributed by atoms with Crippen LogP contribution in [0.15, 0.2) is 50.8 Å². The number of sulfone groups is 1. The van der Waals surface area contributed by atoms with E-state index in [0.29, 0.717) is 42.3 Å². The van der Waals surface area contributed by atoms with Crippen LogP contribution in [0.5, 0.6) is 0 Å². The summed E-state index contributed by atoms with van der Waals surface area (Å²) in [5, 5.41) is 0.366. The summed E-state index contributed by atoms with van der Waals surface area (Å²) in [7, 11) is -3.55. The zero-order chi connectivity index (χ0) is 19.9. The Hall–Kier alpha value is -2.42. The molecule has 4 rings (SSSR count). The molecule has 0 radical (unpaired) electrons. The van der Waals surface area contributed by atoms with E-state index < -0.39 is 15.4 Å². The number of nitrogens with one attached hydrogen (secondary N) is 1. The van der Waals surface area contributed by atoms with Gasteiger partial charge in [-0.05, 0) is 24.3 Å². The fourth-order valence-electron chi connectivity index (χ4n) is 3.25. The summed E-state index contributed by atoms with van der Waals surface area (Å²) in [6, 6.07) is 11.2. The Kier molecular flexibility index (Phi) is 4.86. The van der Waals surface area contributed by atoms with Crippen molar-refractivity contribution in [1.82, 2.24) is 14.9 Å². The first-order chi connectivity index (χ1) is 13.3. The molecule has 9 heteroatoms. The number of halogens is 1. The summed E-state index contributed by atoms with van der Waals surface area (Å²) >= 11 is 6.03.